The first kappa shape index (κ1) is 21.5. The number of carboxylic acid groups (broad SMARTS) is 2. The number of rotatable bonds is 10. The fraction of sp³-hybridized carbons (Fsp3) is 0.714. The van der Waals surface area contributed by atoms with Crippen LogP contribution >= 0.6 is 0 Å². The molecular weight excluding hydrogens is 316 g/mol. The molecule has 0 aromatic rings. The lowest BCUT2D eigenvalue weighted by molar-refractivity contribution is -0.142. The molecule has 2 unspecified atom stereocenters. The first-order valence-corrected chi connectivity index (χ1v) is 9.47. The Labute approximate surface area is 152 Å². The quantitative estimate of drug-likeness (QED) is 0.524. The maximum atomic E-state index is 11.9. The first-order valence-electron chi connectivity index (χ1n) is 9.47. The molecule has 0 aromatic carbocycles. The second kappa shape index (κ2) is 9.21. The highest BCUT2D eigenvalue weighted by Crippen LogP contribution is 2.45. The molecule has 0 heterocycles. The second-order valence-electron chi connectivity index (χ2n) is 8.36. The zero-order valence-electron chi connectivity index (χ0n) is 16.3. The summed E-state index contributed by atoms with van der Waals surface area (Å²) in [4.78, 5) is 23.5. The van der Waals surface area contributed by atoms with Gasteiger partial charge in [0.05, 0.1) is 5.57 Å². The highest BCUT2D eigenvalue weighted by atomic mass is 16.4. The third-order valence-electron chi connectivity index (χ3n) is 5.16. The molecule has 1 aliphatic rings. The summed E-state index contributed by atoms with van der Waals surface area (Å²) in [6.07, 6.45) is 9.05. The van der Waals surface area contributed by atoms with Gasteiger partial charge in [-0.05, 0) is 36.7 Å². The average molecular weight is 350 g/mol. The van der Waals surface area contributed by atoms with Crippen LogP contribution < -0.4 is 0 Å². The van der Waals surface area contributed by atoms with Gasteiger partial charge in [-0.25, -0.2) is 4.79 Å². The molecule has 0 bridgehead atoms. The van der Waals surface area contributed by atoms with Crippen molar-refractivity contribution in [2.24, 2.45) is 23.2 Å². The number of hydrogen-bond donors (Lipinski definition) is 2. The lowest BCUT2D eigenvalue weighted by atomic mass is 9.67. The second-order valence-corrected chi connectivity index (χ2v) is 8.36. The van der Waals surface area contributed by atoms with Crippen LogP contribution in [-0.2, 0) is 9.59 Å². The summed E-state index contributed by atoms with van der Waals surface area (Å²) in [6, 6.07) is 0. The molecule has 2 atom stereocenters. The van der Waals surface area contributed by atoms with E-state index in [1.54, 1.807) is 6.08 Å². The van der Waals surface area contributed by atoms with Crippen molar-refractivity contribution in [1.29, 1.82) is 0 Å². The molecule has 0 saturated carbocycles. The smallest absolute Gasteiger partial charge is 0.332 e. The van der Waals surface area contributed by atoms with Crippen LogP contribution in [0.2, 0.25) is 0 Å². The fourth-order valence-corrected chi connectivity index (χ4v) is 3.69. The van der Waals surface area contributed by atoms with Gasteiger partial charge >= 0.3 is 11.9 Å². The molecule has 2 N–H and O–H groups in total. The summed E-state index contributed by atoms with van der Waals surface area (Å²) in [5.41, 5.74) is 0.552. The Hall–Kier alpha value is -1.58. The van der Waals surface area contributed by atoms with Gasteiger partial charge in [0.15, 0.2) is 0 Å². The van der Waals surface area contributed by atoms with Crippen molar-refractivity contribution in [2.45, 2.75) is 73.1 Å². The van der Waals surface area contributed by atoms with E-state index in [0.29, 0.717) is 18.3 Å². The number of aliphatic carboxylic acids is 2. The molecule has 142 valence electrons. The Kier molecular flexibility index (Phi) is 7.91. The minimum Gasteiger partial charge on any atom is -0.481 e. The van der Waals surface area contributed by atoms with Crippen molar-refractivity contribution < 1.29 is 19.8 Å². The highest BCUT2D eigenvalue weighted by Gasteiger charge is 2.39. The predicted octanol–water partition coefficient (Wildman–Crippen LogP) is 5.30. The van der Waals surface area contributed by atoms with E-state index in [4.69, 9.17) is 0 Å². The number of allylic oxidation sites excluding steroid dienone is 2. The van der Waals surface area contributed by atoms with Crippen molar-refractivity contribution in [2.75, 3.05) is 0 Å². The molecule has 0 spiro atoms. The van der Waals surface area contributed by atoms with Crippen LogP contribution in [0, 0.1) is 23.2 Å². The Morgan fingerprint density at radius 1 is 1.08 bits per heavy atom. The minimum absolute atomic E-state index is 0.0887. The van der Waals surface area contributed by atoms with Crippen LogP contribution in [0.3, 0.4) is 0 Å². The van der Waals surface area contributed by atoms with E-state index in [9.17, 15) is 19.8 Å². The summed E-state index contributed by atoms with van der Waals surface area (Å²) >= 11 is 0. The molecular formula is C21H34O4. The largest absolute Gasteiger partial charge is 0.481 e. The number of carboxylic acids is 2. The molecule has 0 amide bonds. The molecule has 0 fully saturated rings. The standard InChI is InChI=1S/C21H34O4/c1-14(2)8-6-10-17-18(20(24)25)16(19(22)23)11-13-21(17,5)12-7-9-15(3)4/h11,13-16H,6-10,12H2,1-5H3,(H,22,23)(H,24,25). The Morgan fingerprint density at radius 2 is 1.64 bits per heavy atom. The predicted molar refractivity (Wildman–Crippen MR) is 100 cm³/mol. The molecule has 0 aromatic heterocycles. The molecule has 4 heteroatoms. The Balaban J connectivity index is 3.17. The summed E-state index contributed by atoms with van der Waals surface area (Å²) in [5, 5.41) is 19.2. The van der Waals surface area contributed by atoms with Crippen molar-refractivity contribution in [3.8, 4) is 0 Å². The van der Waals surface area contributed by atoms with Gasteiger partial charge in [0.25, 0.3) is 0 Å². The zero-order chi connectivity index (χ0) is 19.2. The van der Waals surface area contributed by atoms with Gasteiger partial charge in [-0.3, -0.25) is 4.79 Å². The van der Waals surface area contributed by atoms with E-state index < -0.39 is 17.9 Å². The van der Waals surface area contributed by atoms with Crippen LogP contribution in [-0.4, -0.2) is 22.2 Å². The van der Waals surface area contributed by atoms with E-state index in [-0.39, 0.29) is 11.0 Å². The van der Waals surface area contributed by atoms with E-state index in [0.717, 1.165) is 37.7 Å². The van der Waals surface area contributed by atoms with Gasteiger partial charge in [0.1, 0.15) is 5.92 Å². The van der Waals surface area contributed by atoms with E-state index in [2.05, 4.69) is 34.6 Å². The molecule has 0 saturated heterocycles. The van der Waals surface area contributed by atoms with Crippen molar-refractivity contribution >= 4 is 11.9 Å². The molecule has 0 aliphatic heterocycles. The normalized spacial score (nSPS) is 23.6. The van der Waals surface area contributed by atoms with Crippen LogP contribution in [0.25, 0.3) is 0 Å². The van der Waals surface area contributed by atoms with Gasteiger partial charge < -0.3 is 10.2 Å². The zero-order valence-corrected chi connectivity index (χ0v) is 16.3. The van der Waals surface area contributed by atoms with E-state index in [1.165, 1.54) is 0 Å². The third kappa shape index (κ3) is 6.02. The first-order chi connectivity index (χ1) is 11.6. The van der Waals surface area contributed by atoms with Gasteiger partial charge in [0, 0.05) is 5.41 Å². The van der Waals surface area contributed by atoms with E-state index >= 15 is 0 Å². The van der Waals surface area contributed by atoms with Gasteiger partial charge in [-0.2, -0.15) is 0 Å². The van der Waals surface area contributed by atoms with Crippen molar-refractivity contribution in [3.63, 3.8) is 0 Å². The summed E-state index contributed by atoms with van der Waals surface area (Å²) in [6.45, 7) is 10.7. The van der Waals surface area contributed by atoms with Crippen LogP contribution in [0.15, 0.2) is 23.3 Å². The molecule has 1 rings (SSSR count). The lowest BCUT2D eigenvalue weighted by Crippen LogP contribution is -2.31. The van der Waals surface area contributed by atoms with Gasteiger partial charge in [0.2, 0.25) is 0 Å². The highest BCUT2D eigenvalue weighted by molar-refractivity contribution is 5.96. The summed E-state index contributed by atoms with van der Waals surface area (Å²) in [5.74, 6) is -2.05. The molecule has 1 aliphatic carbocycles. The number of hydrogen-bond acceptors (Lipinski definition) is 2. The summed E-state index contributed by atoms with van der Waals surface area (Å²) < 4.78 is 0. The fourth-order valence-electron chi connectivity index (χ4n) is 3.69. The maximum absolute atomic E-state index is 11.9. The van der Waals surface area contributed by atoms with E-state index in [1.807, 2.05) is 6.08 Å². The minimum atomic E-state index is -1.09. The van der Waals surface area contributed by atoms with Gasteiger partial charge in [-0.1, -0.05) is 66.0 Å². The van der Waals surface area contributed by atoms with Crippen LogP contribution in [0.1, 0.15) is 73.1 Å². The van der Waals surface area contributed by atoms with Gasteiger partial charge in [-0.15, -0.1) is 0 Å². The topological polar surface area (TPSA) is 74.6 Å². The van der Waals surface area contributed by atoms with Crippen LogP contribution in [0.5, 0.6) is 0 Å². The summed E-state index contributed by atoms with van der Waals surface area (Å²) in [7, 11) is 0. The number of carbonyl (C=O) groups is 2. The molecule has 4 nitrogen and oxygen atoms in total. The van der Waals surface area contributed by atoms with Crippen molar-refractivity contribution in [1.82, 2.24) is 0 Å². The molecule has 0 radical (unpaired) electrons. The third-order valence-corrected chi connectivity index (χ3v) is 5.16. The monoisotopic (exact) mass is 350 g/mol. The SMILES string of the molecule is CC(C)CCCC1=C(C(=O)O)C(C(=O)O)C=CC1(C)CCCC(C)C. The van der Waals surface area contributed by atoms with Crippen molar-refractivity contribution in [3.05, 3.63) is 23.3 Å². The maximum Gasteiger partial charge on any atom is 0.332 e. The Bertz CT molecular complexity index is 542. The Morgan fingerprint density at radius 3 is 2.12 bits per heavy atom. The lowest BCUT2D eigenvalue weighted by Gasteiger charge is -2.36. The molecule has 25 heavy (non-hydrogen) atoms. The average Bonchev–Trinajstić information content (AvgIpc) is 2.47. The van der Waals surface area contributed by atoms with Crippen LogP contribution in [0.4, 0.5) is 0 Å².